The van der Waals surface area contributed by atoms with Crippen molar-refractivity contribution in [3.8, 4) is 5.75 Å². The van der Waals surface area contributed by atoms with Crippen molar-refractivity contribution in [1.82, 2.24) is 4.90 Å². The highest BCUT2D eigenvalue weighted by molar-refractivity contribution is 9.10. The van der Waals surface area contributed by atoms with Gasteiger partial charge in [-0.2, -0.15) is 0 Å². The van der Waals surface area contributed by atoms with Crippen LogP contribution < -0.4 is 10.5 Å². The Hall–Kier alpha value is -1.27. The molecule has 0 radical (unpaired) electrons. The van der Waals surface area contributed by atoms with E-state index in [4.69, 9.17) is 15.7 Å². The van der Waals surface area contributed by atoms with Crippen molar-refractivity contribution in [2.75, 3.05) is 14.2 Å². The van der Waals surface area contributed by atoms with Crippen molar-refractivity contribution in [3.05, 3.63) is 28.2 Å². The molecule has 1 atom stereocenters. The Kier molecular flexibility index (Phi) is 6.11. The second kappa shape index (κ2) is 7.35. The summed E-state index contributed by atoms with van der Waals surface area (Å²) in [6, 6.07) is 6.08. The zero-order chi connectivity index (χ0) is 14.4. The first-order chi connectivity index (χ1) is 8.97. The van der Waals surface area contributed by atoms with Crippen molar-refractivity contribution >= 4 is 21.8 Å². The SMILES string of the molecule is COc1ccc(Br)cc1CN(C)C(C)CC(N)=NO. The van der Waals surface area contributed by atoms with E-state index in [2.05, 4.69) is 26.0 Å². The zero-order valence-corrected chi connectivity index (χ0v) is 13.0. The lowest BCUT2D eigenvalue weighted by Gasteiger charge is -2.25. The molecule has 0 aliphatic carbocycles. The van der Waals surface area contributed by atoms with Gasteiger partial charge in [-0.25, -0.2) is 0 Å². The molecule has 1 rings (SSSR count). The Balaban J connectivity index is 2.75. The molecule has 5 nitrogen and oxygen atoms in total. The first-order valence-electron chi connectivity index (χ1n) is 5.97. The predicted molar refractivity (Wildman–Crippen MR) is 79.6 cm³/mol. The Morgan fingerprint density at radius 3 is 2.84 bits per heavy atom. The minimum absolute atomic E-state index is 0.166. The van der Waals surface area contributed by atoms with E-state index < -0.39 is 0 Å². The minimum atomic E-state index is 0.166. The number of hydrogen-bond donors (Lipinski definition) is 2. The number of rotatable bonds is 6. The van der Waals surface area contributed by atoms with Crippen LogP contribution in [0, 0.1) is 0 Å². The number of nitrogens with two attached hydrogens (primary N) is 1. The third-order valence-electron chi connectivity index (χ3n) is 3.05. The Morgan fingerprint density at radius 2 is 2.26 bits per heavy atom. The lowest BCUT2D eigenvalue weighted by atomic mass is 10.1. The lowest BCUT2D eigenvalue weighted by Crippen LogP contribution is -2.32. The number of nitrogens with zero attached hydrogens (tertiary/aromatic N) is 2. The number of amidine groups is 1. The Labute approximate surface area is 122 Å². The van der Waals surface area contributed by atoms with E-state index in [0.717, 1.165) is 22.3 Å². The van der Waals surface area contributed by atoms with Gasteiger partial charge in [-0.3, -0.25) is 4.90 Å². The monoisotopic (exact) mass is 329 g/mol. The van der Waals surface area contributed by atoms with Crippen LogP contribution in [0.2, 0.25) is 0 Å². The van der Waals surface area contributed by atoms with E-state index in [1.165, 1.54) is 0 Å². The van der Waals surface area contributed by atoms with E-state index in [-0.39, 0.29) is 11.9 Å². The maximum Gasteiger partial charge on any atom is 0.140 e. The van der Waals surface area contributed by atoms with Crippen molar-refractivity contribution < 1.29 is 9.94 Å². The quantitative estimate of drug-likeness (QED) is 0.364. The maximum absolute atomic E-state index is 8.59. The van der Waals surface area contributed by atoms with Crippen LogP contribution >= 0.6 is 15.9 Å². The fourth-order valence-corrected chi connectivity index (χ4v) is 2.20. The fraction of sp³-hybridized carbons (Fsp3) is 0.462. The molecule has 0 aliphatic rings. The van der Waals surface area contributed by atoms with Gasteiger partial charge in [-0.15, -0.1) is 0 Å². The van der Waals surface area contributed by atoms with Gasteiger partial charge < -0.3 is 15.7 Å². The molecule has 3 N–H and O–H groups in total. The Bertz CT molecular complexity index is 452. The minimum Gasteiger partial charge on any atom is -0.496 e. The van der Waals surface area contributed by atoms with Gasteiger partial charge in [-0.05, 0) is 32.2 Å². The molecule has 0 amide bonds. The molecule has 0 heterocycles. The zero-order valence-electron chi connectivity index (χ0n) is 11.4. The standard InChI is InChI=1S/C13H20BrN3O2/c1-9(6-13(15)16-18)17(2)8-10-7-11(14)4-5-12(10)19-3/h4-5,7,9,18H,6,8H2,1-3H3,(H2,15,16). The maximum atomic E-state index is 8.59. The molecular formula is C13H20BrN3O2. The van der Waals surface area contributed by atoms with Gasteiger partial charge in [-0.1, -0.05) is 21.1 Å². The summed E-state index contributed by atoms with van der Waals surface area (Å²) in [7, 11) is 3.65. The highest BCUT2D eigenvalue weighted by Crippen LogP contribution is 2.24. The molecule has 0 spiro atoms. The van der Waals surface area contributed by atoms with Crippen LogP contribution in [0.15, 0.2) is 27.8 Å². The highest BCUT2D eigenvalue weighted by Gasteiger charge is 2.14. The molecule has 0 fully saturated rings. The summed E-state index contributed by atoms with van der Waals surface area (Å²) in [6.45, 7) is 2.75. The van der Waals surface area contributed by atoms with Crippen LogP contribution in [0.4, 0.5) is 0 Å². The van der Waals surface area contributed by atoms with Crippen molar-refractivity contribution in [2.24, 2.45) is 10.9 Å². The predicted octanol–water partition coefficient (Wildman–Crippen LogP) is 2.41. The van der Waals surface area contributed by atoms with Crippen molar-refractivity contribution in [2.45, 2.75) is 25.9 Å². The number of methoxy groups -OCH3 is 1. The van der Waals surface area contributed by atoms with Crippen LogP contribution in [-0.4, -0.2) is 36.1 Å². The molecule has 1 unspecified atom stereocenters. The summed E-state index contributed by atoms with van der Waals surface area (Å²) in [5.74, 6) is 1.09. The number of hydrogen-bond acceptors (Lipinski definition) is 4. The summed E-state index contributed by atoms with van der Waals surface area (Å²) < 4.78 is 6.36. The lowest BCUT2D eigenvalue weighted by molar-refractivity contribution is 0.247. The molecule has 0 saturated carbocycles. The van der Waals surface area contributed by atoms with Gasteiger partial charge >= 0.3 is 0 Å². The normalized spacial score (nSPS) is 13.6. The van der Waals surface area contributed by atoms with Gasteiger partial charge in [0, 0.05) is 29.0 Å². The molecule has 1 aromatic carbocycles. The van der Waals surface area contributed by atoms with E-state index >= 15 is 0 Å². The fourth-order valence-electron chi connectivity index (χ4n) is 1.79. The van der Waals surface area contributed by atoms with Gasteiger partial charge in [0.25, 0.3) is 0 Å². The molecule has 0 bridgehead atoms. The summed E-state index contributed by atoms with van der Waals surface area (Å²) >= 11 is 3.46. The average Bonchev–Trinajstić information content (AvgIpc) is 2.38. The molecule has 0 aromatic heterocycles. The molecule has 106 valence electrons. The summed E-state index contributed by atoms with van der Waals surface area (Å²) in [6.07, 6.45) is 0.517. The summed E-state index contributed by atoms with van der Waals surface area (Å²) in [5.41, 5.74) is 6.62. The highest BCUT2D eigenvalue weighted by atomic mass is 79.9. The molecule has 0 aliphatic heterocycles. The summed E-state index contributed by atoms with van der Waals surface area (Å²) in [5, 5.41) is 11.6. The third kappa shape index (κ3) is 4.72. The molecule has 19 heavy (non-hydrogen) atoms. The first-order valence-corrected chi connectivity index (χ1v) is 6.76. The number of oxime groups is 1. The third-order valence-corrected chi connectivity index (χ3v) is 3.54. The molecule has 0 saturated heterocycles. The van der Waals surface area contributed by atoms with Crippen LogP contribution in [0.5, 0.6) is 5.75 Å². The number of ether oxygens (including phenoxy) is 1. The summed E-state index contributed by atoms with van der Waals surface area (Å²) in [4.78, 5) is 2.13. The Morgan fingerprint density at radius 1 is 1.58 bits per heavy atom. The van der Waals surface area contributed by atoms with E-state index in [0.29, 0.717) is 6.42 Å². The van der Waals surface area contributed by atoms with Crippen molar-refractivity contribution in [1.29, 1.82) is 0 Å². The smallest absolute Gasteiger partial charge is 0.140 e. The molecule has 6 heteroatoms. The van der Waals surface area contributed by atoms with E-state index in [1.54, 1.807) is 7.11 Å². The molecule has 1 aromatic rings. The van der Waals surface area contributed by atoms with Crippen LogP contribution in [0.3, 0.4) is 0 Å². The van der Waals surface area contributed by atoms with Crippen LogP contribution in [-0.2, 0) is 6.54 Å². The number of halogens is 1. The molecular weight excluding hydrogens is 310 g/mol. The van der Waals surface area contributed by atoms with Crippen LogP contribution in [0.25, 0.3) is 0 Å². The number of benzene rings is 1. The largest absolute Gasteiger partial charge is 0.496 e. The van der Waals surface area contributed by atoms with Crippen molar-refractivity contribution in [3.63, 3.8) is 0 Å². The van der Waals surface area contributed by atoms with Gasteiger partial charge in [0.15, 0.2) is 0 Å². The average molecular weight is 330 g/mol. The van der Waals surface area contributed by atoms with Crippen LogP contribution in [0.1, 0.15) is 18.9 Å². The van der Waals surface area contributed by atoms with E-state index in [1.807, 2.05) is 32.2 Å². The first kappa shape index (κ1) is 15.8. The van der Waals surface area contributed by atoms with Gasteiger partial charge in [0.1, 0.15) is 11.6 Å². The van der Waals surface area contributed by atoms with E-state index in [9.17, 15) is 0 Å². The second-order valence-electron chi connectivity index (χ2n) is 4.52. The van der Waals surface area contributed by atoms with Gasteiger partial charge in [0.2, 0.25) is 0 Å². The van der Waals surface area contributed by atoms with Gasteiger partial charge in [0.05, 0.1) is 7.11 Å². The second-order valence-corrected chi connectivity index (χ2v) is 5.43. The topological polar surface area (TPSA) is 71.1 Å².